The average Bonchev–Trinajstić information content (AvgIpc) is 2.13. The Morgan fingerprint density at radius 2 is 1.67 bits per heavy atom. The summed E-state index contributed by atoms with van der Waals surface area (Å²) in [5.41, 5.74) is 0. The van der Waals surface area contributed by atoms with E-state index in [1.54, 1.807) is 0 Å². The maximum absolute atomic E-state index is 11.5. The zero-order valence-corrected chi connectivity index (χ0v) is 11.3. The van der Waals surface area contributed by atoms with Gasteiger partial charge in [-0.05, 0) is 18.9 Å². The van der Waals surface area contributed by atoms with E-state index in [-0.39, 0.29) is 24.2 Å². The number of carbonyl (C=O) groups is 1. The molecule has 0 aromatic carbocycles. The fourth-order valence-corrected chi connectivity index (χ4v) is 1.07. The fraction of sp³-hybridized carbons (Fsp3) is 0.909. The van der Waals surface area contributed by atoms with Crippen molar-refractivity contribution in [3.8, 4) is 0 Å². The predicted octanol–water partition coefficient (Wildman–Crippen LogP) is 1.67. The lowest BCUT2D eigenvalue weighted by molar-refractivity contribution is -0.124. The molecule has 0 aliphatic carbocycles. The maximum atomic E-state index is 11.5. The standard InChI is InChI=1S/C11H24N2O.ClH/c1-8(2)9(3)7-13-11(14)10(4)6-12-5;/h8-10,12H,6-7H2,1-5H3,(H,13,14);1H. The van der Waals surface area contributed by atoms with Crippen molar-refractivity contribution < 1.29 is 4.79 Å². The summed E-state index contributed by atoms with van der Waals surface area (Å²) in [6.45, 7) is 9.97. The third kappa shape index (κ3) is 7.63. The van der Waals surface area contributed by atoms with Gasteiger partial charge in [-0.1, -0.05) is 27.7 Å². The van der Waals surface area contributed by atoms with Crippen LogP contribution in [0.5, 0.6) is 0 Å². The second-order valence-electron chi connectivity index (χ2n) is 4.43. The van der Waals surface area contributed by atoms with Gasteiger partial charge in [-0.2, -0.15) is 0 Å². The van der Waals surface area contributed by atoms with Gasteiger partial charge in [0.1, 0.15) is 0 Å². The Hall–Kier alpha value is -0.280. The van der Waals surface area contributed by atoms with Crippen molar-refractivity contribution in [1.82, 2.24) is 10.6 Å². The van der Waals surface area contributed by atoms with Gasteiger partial charge in [-0.25, -0.2) is 0 Å². The zero-order valence-electron chi connectivity index (χ0n) is 10.5. The molecule has 0 radical (unpaired) electrons. The molecule has 2 N–H and O–H groups in total. The van der Waals surface area contributed by atoms with Crippen molar-refractivity contribution >= 4 is 18.3 Å². The first kappa shape index (κ1) is 17.1. The highest BCUT2D eigenvalue weighted by Gasteiger charge is 2.13. The Bertz CT molecular complexity index is 174. The van der Waals surface area contributed by atoms with Crippen molar-refractivity contribution in [1.29, 1.82) is 0 Å². The molecule has 15 heavy (non-hydrogen) atoms. The van der Waals surface area contributed by atoms with Crippen LogP contribution in [0.25, 0.3) is 0 Å². The van der Waals surface area contributed by atoms with Gasteiger partial charge in [0.25, 0.3) is 0 Å². The number of amides is 1. The maximum Gasteiger partial charge on any atom is 0.224 e. The number of halogens is 1. The van der Waals surface area contributed by atoms with Crippen molar-refractivity contribution in [2.24, 2.45) is 17.8 Å². The van der Waals surface area contributed by atoms with E-state index in [9.17, 15) is 4.79 Å². The highest BCUT2D eigenvalue weighted by atomic mass is 35.5. The van der Waals surface area contributed by atoms with Crippen LogP contribution in [0.4, 0.5) is 0 Å². The fourth-order valence-electron chi connectivity index (χ4n) is 1.07. The average molecular weight is 237 g/mol. The molecule has 0 spiro atoms. The van der Waals surface area contributed by atoms with E-state index in [2.05, 4.69) is 31.4 Å². The molecule has 0 aliphatic heterocycles. The van der Waals surface area contributed by atoms with Gasteiger partial charge in [0, 0.05) is 19.0 Å². The molecule has 0 saturated carbocycles. The first-order valence-electron chi connectivity index (χ1n) is 5.41. The number of nitrogens with one attached hydrogen (secondary N) is 2. The molecule has 0 rings (SSSR count). The molecule has 0 fully saturated rings. The van der Waals surface area contributed by atoms with Crippen LogP contribution in [0.2, 0.25) is 0 Å². The Morgan fingerprint density at radius 3 is 2.07 bits per heavy atom. The van der Waals surface area contributed by atoms with Crippen LogP contribution in [-0.2, 0) is 4.79 Å². The van der Waals surface area contributed by atoms with Crippen LogP contribution in [0.1, 0.15) is 27.7 Å². The largest absolute Gasteiger partial charge is 0.356 e. The van der Waals surface area contributed by atoms with Crippen LogP contribution in [0.15, 0.2) is 0 Å². The summed E-state index contributed by atoms with van der Waals surface area (Å²) in [6.07, 6.45) is 0. The van der Waals surface area contributed by atoms with Crippen molar-refractivity contribution in [3.05, 3.63) is 0 Å². The van der Waals surface area contributed by atoms with E-state index in [4.69, 9.17) is 0 Å². The van der Waals surface area contributed by atoms with E-state index >= 15 is 0 Å². The smallest absolute Gasteiger partial charge is 0.224 e. The van der Waals surface area contributed by atoms with E-state index in [0.29, 0.717) is 11.8 Å². The van der Waals surface area contributed by atoms with Gasteiger partial charge in [0.05, 0.1) is 0 Å². The molecule has 0 aromatic heterocycles. The first-order chi connectivity index (χ1) is 6.49. The predicted molar refractivity (Wildman–Crippen MR) is 67.4 cm³/mol. The highest BCUT2D eigenvalue weighted by Crippen LogP contribution is 2.07. The molecule has 4 heteroatoms. The van der Waals surface area contributed by atoms with Crippen LogP contribution >= 0.6 is 12.4 Å². The molecule has 0 saturated heterocycles. The minimum Gasteiger partial charge on any atom is -0.356 e. The van der Waals surface area contributed by atoms with E-state index in [1.807, 2.05) is 14.0 Å². The Balaban J connectivity index is 0. The monoisotopic (exact) mass is 236 g/mol. The van der Waals surface area contributed by atoms with Crippen molar-refractivity contribution in [2.45, 2.75) is 27.7 Å². The lowest BCUT2D eigenvalue weighted by Crippen LogP contribution is -2.37. The normalized spacial score (nSPS) is 14.3. The number of hydrogen-bond donors (Lipinski definition) is 2. The van der Waals surface area contributed by atoms with Crippen LogP contribution in [0, 0.1) is 17.8 Å². The summed E-state index contributed by atoms with van der Waals surface area (Å²) in [5, 5.41) is 5.97. The van der Waals surface area contributed by atoms with E-state index < -0.39 is 0 Å². The zero-order chi connectivity index (χ0) is 11.1. The second kappa shape index (κ2) is 8.98. The minimum atomic E-state index is 0. The third-order valence-corrected chi connectivity index (χ3v) is 2.69. The summed E-state index contributed by atoms with van der Waals surface area (Å²) >= 11 is 0. The van der Waals surface area contributed by atoms with Gasteiger partial charge in [0.15, 0.2) is 0 Å². The van der Waals surface area contributed by atoms with Gasteiger partial charge in [-0.15, -0.1) is 12.4 Å². The number of rotatable bonds is 6. The summed E-state index contributed by atoms with van der Waals surface area (Å²) < 4.78 is 0. The molecule has 0 aromatic rings. The Morgan fingerprint density at radius 1 is 1.13 bits per heavy atom. The Kier molecular flexibility index (Phi) is 10.3. The number of carbonyl (C=O) groups excluding carboxylic acids is 1. The van der Waals surface area contributed by atoms with E-state index in [1.165, 1.54) is 0 Å². The summed E-state index contributed by atoms with van der Waals surface area (Å²) in [6, 6.07) is 0. The van der Waals surface area contributed by atoms with Crippen LogP contribution < -0.4 is 10.6 Å². The lowest BCUT2D eigenvalue weighted by Gasteiger charge is -2.18. The SMILES string of the molecule is CNCC(C)C(=O)NCC(C)C(C)C.Cl. The third-order valence-electron chi connectivity index (χ3n) is 2.69. The molecular formula is C11H25ClN2O. The summed E-state index contributed by atoms with van der Waals surface area (Å²) in [4.78, 5) is 11.5. The van der Waals surface area contributed by atoms with Gasteiger partial charge in [0.2, 0.25) is 5.91 Å². The first-order valence-corrected chi connectivity index (χ1v) is 5.41. The lowest BCUT2D eigenvalue weighted by atomic mass is 9.98. The topological polar surface area (TPSA) is 41.1 Å². The summed E-state index contributed by atoms with van der Waals surface area (Å²) in [5.74, 6) is 1.36. The molecule has 3 nitrogen and oxygen atoms in total. The molecule has 0 aliphatic rings. The van der Waals surface area contributed by atoms with Crippen LogP contribution in [-0.4, -0.2) is 26.0 Å². The molecule has 1 amide bonds. The van der Waals surface area contributed by atoms with Crippen molar-refractivity contribution in [3.63, 3.8) is 0 Å². The number of hydrogen-bond acceptors (Lipinski definition) is 2. The molecule has 2 unspecified atom stereocenters. The Labute approximate surface area is 99.8 Å². The molecular weight excluding hydrogens is 212 g/mol. The quantitative estimate of drug-likeness (QED) is 0.737. The molecule has 92 valence electrons. The van der Waals surface area contributed by atoms with Gasteiger partial charge < -0.3 is 10.6 Å². The van der Waals surface area contributed by atoms with Gasteiger partial charge in [-0.3, -0.25) is 4.79 Å². The highest BCUT2D eigenvalue weighted by molar-refractivity contribution is 5.85. The molecule has 0 heterocycles. The molecule has 0 bridgehead atoms. The van der Waals surface area contributed by atoms with E-state index in [0.717, 1.165) is 13.1 Å². The summed E-state index contributed by atoms with van der Waals surface area (Å²) in [7, 11) is 1.86. The molecule has 2 atom stereocenters. The second-order valence-corrected chi connectivity index (χ2v) is 4.43. The van der Waals surface area contributed by atoms with Crippen LogP contribution in [0.3, 0.4) is 0 Å². The van der Waals surface area contributed by atoms with Crippen molar-refractivity contribution in [2.75, 3.05) is 20.1 Å². The van der Waals surface area contributed by atoms with Gasteiger partial charge >= 0.3 is 0 Å². The minimum absolute atomic E-state index is 0.